The topological polar surface area (TPSA) is 55.2 Å². The highest BCUT2D eigenvalue weighted by molar-refractivity contribution is 5.78. The molecule has 144 valence electrons. The maximum atomic E-state index is 12.6. The van der Waals surface area contributed by atoms with E-state index in [2.05, 4.69) is 25.9 Å². The highest BCUT2D eigenvalue weighted by Gasteiger charge is 2.26. The van der Waals surface area contributed by atoms with E-state index in [1.807, 2.05) is 42.2 Å². The van der Waals surface area contributed by atoms with Crippen molar-refractivity contribution in [3.05, 3.63) is 63.6 Å². The van der Waals surface area contributed by atoms with Gasteiger partial charge in [-0.15, -0.1) is 0 Å². The van der Waals surface area contributed by atoms with E-state index in [0.29, 0.717) is 19.5 Å². The predicted octanol–water partition coefficient (Wildman–Crippen LogP) is 3.26. The largest absolute Gasteiger partial charge is 0.342 e. The number of benzene rings is 1. The molecule has 3 rings (SSSR count). The number of amides is 1. The number of piperidine rings is 1. The van der Waals surface area contributed by atoms with Crippen molar-refractivity contribution in [3.63, 3.8) is 0 Å². The number of nitrogens with zero attached hydrogens (tertiary/aromatic N) is 3. The maximum Gasteiger partial charge on any atom is 0.267 e. The van der Waals surface area contributed by atoms with Gasteiger partial charge in [0.15, 0.2) is 0 Å². The molecule has 1 aromatic heterocycles. The molecule has 1 aliphatic heterocycles. The minimum atomic E-state index is -0.0971. The van der Waals surface area contributed by atoms with E-state index in [-0.39, 0.29) is 22.9 Å². The second-order valence-electron chi connectivity index (χ2n) is 8.53. The van der Waals surface area contributed by atoms with Crippen molar-refractivity contribution < 1.29 is 4.79 Å². The van der Waals surface area contributed by atoms with Gasteiger partial charge < -0.3 is 4.90 Å². The zero-order valence-corrected chi connectivity index (χ0v) is 16.7. The van der Waals surface area contributed by atoms with Gasteiger partial charge in [0, 0.05) is 24.6 Å². The zero-order valence-electron chi connectivity index (χ0n) is 16.7. The van der Waals surface area contributed by atoms with Crippen LogP contribution in [0.3, 0.4) is 0 Å². The summed E-state index contributed by atoms with van der Waals surface area (Å²) in [6.07, 6.45) is 1.96. The summed E-state index contributed by atoms with van der Waals surface area (Å²) in [5, 5.41) is 4.61. The van der Waals surface area contributed by atoms with Crippen LogP contribution in [0.15, 0.2) is 41.2 Å². The predicted molar refractivity (Wildman–Crippen MR) is 107 cm³/mol. The Bertz CT molecular complexity index is 854. The first-order valence-electron chi connectivity index (χ1n) is 9.68. The van der Waals surface area contributed by atoms with Gasteiger partial charge in [-0.25, -0.2) is 4.68 Å². The molecule has 0 saturated carbocycles. The van der Waals surface area contributed by atoms with Crippen LogP contribution in [0.5, 0.6) is 0 Å². The normalized spacial score (nSPS) is 15.8. The van der Waals surface area contributed by atoms with E-state index in [1.54, 1.807) is 10.7 Å². The molecule has 0 N–H and O–H groups in total. The zero-order chi connectivity index (χ0) is 19.6. The summed E-state index contributed by atoms with van der Waals surface area (Å²) in [7, 11) is 0. The Morgan fingerprint density at radius 2 is 1.70 bits per heavy atom. The molecular weight excluding hydrogens is 338 g/mol. The SMILES string of the molecule is Cc1ccc(CC(=O)N2CCC(n3nc(C(C)(C)C)ccc3=O)CC2)cc1. The summed E-state index contributed by atoms with van der Waals surface area (Å²) in [6, 6.07) is 11.6. The fraction of sp³-hybridized carbons (Fsp3) is 0.500. The summed E-state index contributed by atoms with van der Waals surface area (Å²) >= 11 is 0. The van der Waals surface area contributed by atoms with Crippen LogP contribution in [-0.4, -0.2) is 33.7 Å². The van der Waals surface area contributed by atoms with Crippen LogP contribution in [0, 0.1) is 6.92 Å². The average molecular weight is 367 g/mol. The molecule has 0 bridgehead atoms. The lowest BCUT2D eigenvalue weighted by Crippen LogP contribution is -2.42. The molecule has 5 heteroatoms. The van der Waals surface area contributed by atoms with Crippen molar-refractivity contribution >= 4 is 5.91 Å². The van der Waals surface area contributed by atoms with Crippen molar-refractivity contribution in [2.24, 2.45) is 0 Å². The van der Waals surface area contributed by atoms with Crippen molar-refractivity contribution in [1.82, 2.24) is 14.7 Å². The first-order valence-corrected chi connectivity index (χ1v) is 9.68. The second-order valence-corrected chi connectivity index (χ2v) is 8.53. The van der Waals surface area contributed by atoms with Crippen LogP contribution in [0.4, 0.5) is 0 Å². The molecule has 1 amide bonds. The molecule has 2 aromatic rings. The molecule has 0 radical (unpaired) electrons. The summed E-state index contributed by atoms with van der Waals surface area (Å²) in [6.45, 7) is 9.66. The lowest BCUT2D eigenvalue weighted by atomic mass is 9.92. The van der Waals surface area contributed by atoms with Crippen molar-refractivity contribution in [1.29, 1.82) is 0 Å². The third kappa shape index (κ3) is 4.65. The van der Waals surface area contributed by atoms with Crippen LogP contribution in [-0.2, 0) is 16.6 Å². The van der Waals surface area contributed by atoms with Gasteiger partial charge in [-0.3, -0.25) is 9.59 Å². The third-order valence-electron chi connectivity index (χ3n) is 5.23. The van der Waals surface area contributed by atoms with E-state index >= 15 is 0 Å². The number of carbonyl (C=O) groups excluding carboxylic acids is 1. The highest BCUT2D eigenvalue weighted by atomic mass is 16.2. The molecular formula is C22H29N3O2. The van der Waals surface area contributed by atoms with Gasteiger partial charge >= 0.3 is 0 Å². The molecule has 1 aliphatic rings. The number of aryl methyl sites for hydroxylation is 1. The van der Waals surface area contributed by atoms with E-state index in [9.17, 15) is 9.59 Å². The summed E-state index contributed by atoms with van der Waals surface area (Å²) < 4.78 is 1.63. The Morgan fingerprint density at radius 1 is 1.07 bits per heavy atom. The van der Waals surface area contributed by atoms with E-state index in [1.165, 1.54) is 5.56 Å². The summed E-state index contributed by atoms with van der Waals surface area (Å²) in [5.74, 6) is 0.154. The molecule has 1 fully saturated rings. The lowest BCUT2D eigenvalue weighted by molar-refractivity contribution is -0.131. The van der Waals surface area contributed by atoms with Gasteiger partial charge in [-0.1, -0.05) is 50.6 Å². The van der Waals surface area contributed by atoms with Crippen LogP contribution in [0.25, 0.3) is 0 Å². The number of hydrogen-bond acceptors (Lipinski definition) is 3. The molecule has 2 heterocycles. The number of aromatic nitrogens is 2. The van der Waals surface area contributed by atoms with Crippen molar-refractivity contribution in [2.75, 3.05) is 13.1 Å². The molecule has 0 atom stereocenters. The third-order valence-corrected chi connectivity index (χ3v) is 5.23. The fourth-order valence-electron chi connectivity index (χ4n) is 3.44. The highest BCUT2D eigenvalue weighted by Crippen LogP contribution is 2.23. The monoisotopic (exact) mass is 367 g/mol. The lowest BCUT2D eigenvalue weighted by Gasteiger charge is -2.33. The Morgan fingerprint density at radius 3 is 2.30 bits per heavy atom. The molecule has 0 unspecified atom stereocenters. The number of likely N-dealkylation sites (tertiary alicyclic amines) is 1. The van der Waals surface area contributed by atoms with E-state index < -0.39 is 0 Å². The molecule has 1 saturated heterocycles. The average Bonchev–Trinajstić information content (AvgIpc) is 2.63. The van der Waals surface area contributed by atoms with Gasteiger partial charge in [0.2, 0.25) is 5.91 Å². The minimum Gasteiger partial charge on any atom is -0.342 e. The molecule has 1 aromatic carbocycles. The van der Waals surface area contributed by atoms with Crippen LogP contribution < -0.4 is 5.56 Å². The fourth-order valence-corrected chi connectivity index (χ4v) is 3.44. The summed E-state index contributed by atoms with van der Waals surface area (Å²) in [4.78, 5) is 26.8. The molecule has 27 heavy (non-hydrogen) atoms. The number of rotatable bonds is 3. The van der Waals surface area contributed by atoms with Gasteiger partial charge in [-0.05, 0) is 31.4 Å². The first-order chi connectivity index (χ1) is 12.7. The van der Waals surface area contributed by atoms with Crippen LogP contribution in [0.2, 0.25) is 0 Å². The minimum absolute atomic E-state index is 0.0585. The van der Waals surface area contributed by atoms with Gasteiger partial charge in [0.05, 0.1) is 18.2 Å². The first kappa shape index (κ1) is 19.3. The second kappa shape index (κ2) is 7.67. The molecule has 0 spiro atoms. The van der Waals surface area contributed by atoms with Crippen molar-refractivity contribution in [2.45, 2.75) is 58.4 Å². The summed E-state index contributed by atoms with van der Waals surface area (Å²) in [5.41, 5.74) is 3.00. The molecule has 0 aliphatic carbocycles. The Kier molecular flexibility index (Phi) is 5.49. The number of hydrogen-bond donors (Lipinski definition) is 0. The van der Waals surface area contributed by atoms with Crippen LogP contribution >= 0.6 is 0 Å². The van der Waals surface area contributed by atoms with E-state index in [0.717, 1.165) is 24.1 Å². The number of carbonyl (C=O) groups is 1. The Balaban J connectivity index is 1.64. The quantitative estimate of drug-likeness (QED) is 0.837. The molecule has 5 nitrogen and oxygen atoms in total. The Hall–Kier alpha value is -2.43. The van der Waals surface area contributed by atoms with Gasteiger partial charge in [0.25, 0.3) is 5.56 Å². The van der Waals surface area contributed by atoms with Gasteiger partial charge in [-0.2, -0.15) is 5.10 Å². The Labute approximate surface area is 161 Å². The van der Waals surface area contributed by atoms with Crippen LogP contribution in [0.1, 0.15) is 56.5 Å². The van der Waals surface area contributed by atoms with E-state index in [4.69, 9.17) is 0 Å². The van der Waals surface area contributed by atoms with Crippen molar-refractivity contribution in [3.8, 4) is 0 Å². The smallest absolute Gasteiger partial charge is 0.267 e. The standard InChI is InChI=1S/C22H29N3O2/c1-16-5-7-17(8-6-16)15-21(27)24-13-11-18(12-14-24)25-20(26)10-9-19(23-25)22(2,3)4/h5-10,18H,11-15H2,1-4H3. The van der Waals surface area contributed by atoms with Gasteiger partial charge in [0.1, 0.15) is 0 Å². The maximum absolute atomic E-state index is 12.6.